The highest BCUT2D eigenvalue weighted by atomic mass is 16.4. The van der Waals surface area contributed by atoms with Crippen molar-refractivity contribution in [1.82, 2.24) is 0 Å². The molecule has 1 aromatic heterocycles. The lowest BCUT2D eigenvalue weighted by Gasteiger charge is -2.05. The zero-order chi connectivity index (χ0) is 13.1. The second-order valence-electron chi connectivity index (χ2n) is 4.37. The van der Waals surface area contributed by atoms with E-state index < -0.39 is 11.9 Å². The Morgan fingerprint density at radius 1 is 1.22 bits per heavy atom. The van der Waals surface area contributed by atoms with Gasteiger partial charge in [-0.05, 0) is 25.5 Å². The Morgan fingerprint density at radius 3 is 2.44 bits per heavy atom. The van der Waals surface area contributed by atoms with Gasteiger partial charge in [0.2, 0.25) is 0 Å². The Morgan fingerprint density at radius 2 is 1.89 bits per heavy atom. The van der Waals surface area contributed by atoms with Crippen molar-refractivity contribution in [2.75, 3.05) is 0 Å². The van der Waals surface area contributed by atoms with E-state index in [1.165, 1.54) is 5.56 Å². The maximum Gasteiger partial charge on any atom is 0.314 e. The van der Waals surface area contributed by atoms with Gasteiger partial charge in [0.1, 0.15) is 17.4 Å². The maximum absolute atomic E-state index is 11.1. The smallest absolute Gasteiger partial charge is 0.314 e. The molecular weight excluding hydrogens is 228 g/mol. The van der Waals surface area contributed by atoms with Crippen LogP contribution in [-0.2, 0) is 4.79 Å². The number of aryl methyl sites for hydroxylation is 1. The Bertz CT molecular complexity index is 537. The summed E-state index contributed by atoms with van der Waals surface area (Å²) in [6, 6.07) is 11.5. The molecule has 0 saturated heterocycles. The third-order valence-electron chi connectivity index (χ3n) is 3.01. The number of carboxylic acid groups (broad SMARTS) is 1. The maximum atomic E-state index is 11.1. The van der Waals surface area contributed by atoms with Gasteiger partial charge in [-0.2, -0.15) is 0 Å². The Labute approximate surface area is 106 Å². The molecule has 0 aliphatic rings. The summed E-state index contributed by atoms with van der Waals surface area (Å²) in [4.78, 5) is 11.1. The number of benzene rings is 1. The molecule has 0 fully saturated rings. The molecule has 0 aliphatic carbocycles. The molecule has 3 heteroatoms. The third kappa shape index (κ3) is 2.45. The van der Waals surface area contributed by atoms with Crippen LogP contribution in [0.25, 0.3) is 11.3 Å². The van der Waals surface area contributed by atoms with E-state index in [0.717, 1.165) is 5.56 Å². The van der Waals surface area contributed by atoms with Crippen LogP contribution in [-0.4, -0.2) is 11.1 Å². The first-order valence-electron chi connectivity index (χ1n) is 6.01. The van der Waals surface area contributed by atoms with Crippen LogP contribution in [0.4, 0.5) is 0 Å². The molecule has 18 heavy (non-hydrogen) atoms. The average Bonchev–Trinajstić information content (AvgIpc) is 2.80. The van der Waals surface area contributed by atoms with Crippen molar-refractivity contribution >= 4 is 5.97 Å². The highest BCUT2D eigenvalue weighted by Gasteiger charge is 2.21. The van der Waals surface area contributed by atoms with Gasteiger partial charge in [-0.25, -0.2) is 0 Å². The highest BCUT2D eigenvalue weighted by Crippen LogP contribution is 2.28. The summed E-state index contributed by atoms with van der Waals surface area (Å²) >= 11 is 0. The number of carbonyl (C=O) groups is 1. The van der Waals surface area contributed by atoms with Crippen LogP contribution in [0.2, 0.25) is 0 Å². The van der Waals surface area contributed by atoms with Crippen molar-refractivity contribution in [1.29, 1.82) is 0 Å². The number of carboxylic acids is 1. The number of furan rings is 1. The van der Waals surface area contributed by atoms with E-state index in [9.17, 15) is 4.79 Å². The van der Waals surface area contributed by atoms with Crippen LogP contribution in [0.1, 0.15) is 30.6 Å². The first-order chi connectivity index (χ1) is 8.61. The van der Waals surface area contributed by atoms with Gasteiger partial charge in [0.05, 0.1) is 0 Å². The molecule has 94 valence electrons. The third-order valence-corrected chi connectivity index (χ3v) is 3.01. The summed E-state index contributed by atoms with van der Waals surface area (Å²) < 4.78 is 5.64. The predicted molar refractivity (Wildman–Crippen MR) is 69.5 cm³/mol. The van der Waals surface area contributed by atoms with Crippen LogP contribution in [0.3, 0.4) is 0 Å². The molecule has 0 spiro atoms. The van der Waals surface area contributed by atoms with E-state index in [0.29, 0.717) is 17.9 Å². The summed E-state index contributed by atoms with van der Waals surface area (Å²) in [7, 11) is 0. The SMILES string of the molecule is CCC(C(=O)O)c1ccc(-c2ccc(C)cc2)o1. The molecule has 3 nitrogen and oxygen atoms in total. The molecular formula is C15H16O3. The molecule has 2 rings (SSSR count). The van der Waals surface area contributed by atoms with Crippen molar-refractivity contribution in [2.24, 2.45) is 0 Å². The van der Waals surface area contributed by atoms with Gasteiger partial charge in [0.15, 0.2) is 0 Å². The van der Waals surface area contributed by atoms with Gasteiger partial charge in [-0.1, -0.05) is 36.8 Å². The molecule has 0 aliphatic heterocycles. The molecule has 1 atom stereocenters. The van der Waals surface area contributed by atoms with Crippen LogP contribution in [0.5, 0.6) is 0 Å². The standard InChI is InChI=1S/C15H16O3/c1-3-12(15(16)17)14-9-8-13(18-14)11-6-4-10(2)5-7-11/h4-9,12H,3H2,1-2H3,(H,16,17). The predicted octanol–water partition coefficient (Wildman–Crippen LogP) is 3.83. The Hall–Kier alpha value is -2.03. The first kappa shape index (κ1) is 12.4. The zero-order valence-electron chi connectivity index (χ0n) is 10.5. The summed E-state index contributed by atoms with van der Waals surface area (Å²) in [5.74, 6) is -0.184. The minimum absolute atomic E-state index is 0.514. The zero-order valence-corrected chi connectivity index (χ0v) is 10.5. The number of hydrogen-bond donors (Lipinski definition) is 1. The largest absolute Gasteiger partial charge is 0.481 e. The molecule has 0 saturated carbocycles. The summed E-state index contributed by atoms with van der Waals surface area (Å²) in [6.07, 6.45) is 0.524. The molecule has 0 radical (unpaired) electrons. The quantitative estimate of drug-likeness (QED) is 0.889. The molecule has 1 N–H and O–H groups in total. The van der Waals surface area contributed by atoms with Crippen LogP contribution >= 0.6 is 0 Å². The number of hydrogen-bond acceptors (Lipinski definition) is 2. The Kier molecular flexibility index (Phi) is 3.51. The van der Waals surface area contributed by atoms with E-state index in [-0.39, 0.29) is 0 Å². The molecule has 0 amide bonds. The molecule has 2 aromatic rings. The van der Waals surface area contributed by atoms with E-state index in [4.69, 9.17) is 9.52 Å². The summed E-state index contributed by atoms with van der Waals surface area (Å²) in [6.45, 7) is 3.86. The normalized spacial score (nSPS) is 12.3. The number of aliphatic carboxylic acids is 1. The van der Waals surface area contributed by atoms with Crippen molar-refractivity contribution in [2.45, 2.75) is 26.2 Å². The summed E-state index contributed by atoms with van der Waals surface area (Å²) in [5, 5.41) is 9.08. The van der Waals surface area contributed by atoms with Crippen molar-refractivity contribution < 1.29 is 14.3 Å². The van der Waals surface area contributed by atoms with Crippen LogP contribution < -0.4 is 0 Å². The van der Waals surface area contributed by atoms with E-state index in [1.54, 1.807) is 6.07 Å². The lowest BCUT2D eigenvalue weighted by atomic mass is 10.0. The molecule has 1 aromatic carbocycles. The van der Waals surface area contributed by atoms with Crippen molar-refractivity contribution in [3.63, 3.8) is 0 Å². The minimum atomic E-state index is -0.845. The topological polar surface area (TPSA) is 50.4 Å². The van der Waals surface area contributed by atoms with Crippen LogP contribution in [0.15, 0.2) is 40.8 Å². The summed E-state index contributed by atoms with van der Waals surface area (Å²) in [5.41, 5.74) is 2.15. The van der Waals surface area contributed by atoms with Crippen molar-refractivity contribution in [3.8, 4) is 11.3 Å². The molecule has 1 unspecified atom stereocenters. The highest BCUT2D eigenvalue weighted by molar-refractivity contribution is 5.75. The minimum Gasteiger partial charge on any atom is -0.481 e. The lowest BCUT2D eigenvalue weighted by Crippen LogP contribution is -2.09. The van der Waals surface area contributed by atoms with Gasteiger partial charge in [-0.15, -0.1) is 0 Å². The van der Waals surface area contributed by atoms with E-state index in [2.05, 4.69) is 0 Å². The average molecular weight is 244 g/mol. The van der Waals surface area contributed by atoms with Gasteiger partial charge in [0.25, 0.3) is 0 Å². The fraction of sp³-hybridized carbons (Fsp3) is 0.267. The first-order valence-corrected chi connectivity index (χ1v) is 6.01. The van der Waals surface area contributed by atoms with Crippen LogP contribution in [0, 0.1) is 6.92 Å². The second-order valence-corrected chi connectivity index (χ2v) is 4.37. The van der Waals surface area contributed by atoms with Crippen molar-refractivity contribution in [3.05, 3.63) is 47.7 Å². The van der Waals surface area contributed by atoms with Gasteiger partial charge >= 0.3 is 5.97 Å². The Balaban J connectivity index is 2.30. The van der Waals surface area contributed by atoms with Gasteiger partial charge < -0.3 is 9.52 Å². The fourth-order valence-electron chi connectivity index (χ4n) is 1.91. The number of rotatable bonds is 4. The van der Waals surface area contributed by atoms with Gasteiger partial charge in [0, 0.05) is 5.56 Å². The molecule has 0 bridgehead atoms. The lowest BCUT2D eigenvalue weighted by molar-refractivity contribution is -0.139. The fourth-order valence-corrected chi connectivity index (χ4v) is 1.91. The molecule has 1 heterocycles. The van der Waals surface area contributed by atoms with E-state index >= 15 is 0 Å². The van der Waals surface area contributed by atoms with Gasteiger partial charge in [-0.3, -0.25) is 4.79 Å². The monoisotopic (exact) mass is 244 g/mol. The second kappa shape index (κ2) is 5.08. The van der Waals surface area contributed by atoms with E-state index in [1.807, 2.05) is 44.2 Å².